The Labute approximate surface area is 206 Å². The molecule has 0 bridgehead atoms. The standard InChI is InChI=1S/C30H20F2O4/c31-21-4-1-6-27(18-21)33-23-10-14-25(15-11-23)35-29-8-3-9-30(20-29)36-26-16-12-24(13-17-26)34-28-7-2-5-22(32)19-28/h1-20H. The Hall–Kier alpha value is -4.84. The lowest BCUT2D eigenvalue weighted by atomic mass is 10.3. The lowest BCUT2D eigenvalue weighted by Gasteiger charge is -2.11. The molecule has 0 aliphatic heterocycles. The molecule has 4 nitrogen and oxygen atoms in total. The average molecular weight is 482 g/mol. The molecule has 0 fully saturated rings. The van der Waals surface area contributed by atoms with E-state index in [0.717, 1.165) is 0 Å². The van der Waals surface area contributed by atoms with Gasteiger partial charge in [-0.2, -0.15) is 0 Å². The molecule has 0 spiro atoms. The van der Waals surface area contributed by atoms with Gasteiger partial charge in [-0.1, -0.05) is 18.2 Å². The molecule has 0 aliphatic rings. The molecule has 0 radical (unpaired) electrons. The van der Waals surface area contributed by atoms with Crippen LogP contribution < -0.4 is 18.9 Å². The number of rotatable bonds is 8. The average Bonchev–Trinajstić information content (AvgIpc) is 2.87. The second-order valence-electron chi connectivity index (χ2n) is 7.74. The second kappa shape index (κ2) is 10.6. The van der Waals surface area contributed by atoms with Crippen molar-refractivity contribution >= 4 is 0 Å². The molecule has 0 amide bonds. The Morgan fingerprint density at radius 1 is 0.306 bits per heavy atom. The summed E-state index contributed by atoms with van der Waals surface area (Å²) in [7, 11) is 0. The van der Waals surface area contributed by atoms with Gasteiger partial charge in [0.1, 0.15) is 57.6 Å². The van der Waals surface area contributed by atoms with E-state index in [1.807, 2.05) is 18.2 Å². The summed E-state index contributed by atoms with van der Waals surface area (Å²) in [6.45, 7) is 0. The molecule has 5 rings (SSSR count). The largest absolute Gasteiger partial charge is 0.457 e. The van der Waals surface area contributed by atoms with Crippen molar-refractivity contribution in [2.75, 3.05) is 0 Å². The van der Waals surface area contributed by atoms with Crippen LogP contribution in [0.3, 0.4) is 0 Å². The topological polar surface area (TPSA) is 36.9 Å². The second-order valence-corrected chi connectivity index (χ2v) is 7.74. The van der Waals surface area contributed by atoms with Crippen molar-refractivity contribution in [3.8, 4) is 46.0 Å². The Morgan fingerprint density at radius 2 is 0.583 bits per heavy atom. The molecule has 6 heteroatoms. The van der Waals surface area contributed by atoms with Crippen molar-refractivity contribution in [1.29, 1.82) is 0 Å². The lowest BCUT2D eigenvalue weighted by molar-refractivity contribution is 0.453. The Bertz CT molecular complexity index is 1340. The highest BCUT2D eigenvalue weighted by atomic mass is 19.1. The fourth-order valence-corrected chi connectivity index (χ4v) is 3.36. The van der Waals surface area contributed by atoms with E-state index >= 15 is 0 Å². The molecule has 0 atom stereocenters. The maximum absolute atomic E-state index is 13.3. The van der Waals surface area contributed by atoms with Gasteiger partial charge >= 0.3 is 0 Å². The molecular weight excluding hydrogens is 462 g/mol. The summed E-state index contributed by atoms with van der Waals surface area (Å²) in [6, 6.07) is 33.2. The van der Waals surface area contributed by atoms with Gasteiger partial charge in [0.15, 0.2) is 0 Å². The van der Waals surface area contributed by atoms with Crippen molar-refractivity contribution < 1.29 is 27.7 Å². The van der Waals surface area contributed by atoms with Crippen LogP contribution in [-0.4, -0.2) is 0 Å². The number of benzene rings is 5. The van der Waals surface area contributed by atoms with E-state index in [-0.39, 0.29) is 11.6 Å². The molecule has 0 aromatic heterocycles. The van der Waals surface area contributed by atoms with Gasteiger partial charge in [0.05, 0.1) is 0 Å². The summed E-state index contributed by atoms with van der Waals surface area (Å²) in [6.07, 6.45) is 0. The normalized spacial score (nSPS) is 10.5. The quantitative estimate of drug-likeness (QED) is 0.221. The van der Waals surface area contributed by atoms with Gasteiger partial charge < -0.3 is 18.9 Å². The van der Waals surface area contributed by atoms with E-state index in [0.29, 0.717) is 46.0 Å². The first-order valence-electron chi connectivity index (χ1n) is 11.1. The summed E-state index contributed by atoms with van der Waals surface area (Å²) < 4.78 is 49.8. The van der Waals surface area contributed by atoms with Crippen LogP contribution in [0.15, 0.2) is 121 Å². The van der Waals surface area contributed by atoms with Gasteiger partial charge in [0.2, 0.25) is 0 Å². The van der Waals surface area contributed by atoms with Crippen LogP contribution >= 0.6 is 0 Å². The van der Waals surface area contributed by atoms with Gasteiger partial charge in [-0.15, -0.1) is 0 Å². The number of ether oxygens (including phenoxy) is 4. The fourth-order valence-electron chi connectivity index (χ4n) is 3.36. The summed E-state index contributed by atoms with van der Waals surface area (Å²) in [5.74, 6) is 3.66. The van der Waals surface area contributed by atoms with Gasteiger partial charge in [-0.05, 0) is 84.9 Å². The van der Waals surface area contributed by atoms with Crippen LogP contribution in [0.4, 0.5) is 8.78 Å². The molecular formula is C30H20F2O4. The van der Waals surface area contributed by atoms with Gasteiger partial charge in [-0.3, -0.25) is 0 Å². The highest BCUT2D eigenvalue weighted by Gasteiger charge is 2.05. The molecule has 0 saturated carbocycles. The van der Waals surface area contributed by atoms with Crippen LogP contribution in [0.2, 0.25) is 0 Å². The van der Waals surface area contributed by atoms with E-state index in [4.69, 9.17) is 18.9 Å². The smallest absolute Gasteiger partial charge is 0.131 e. The molecule has 0 heterocycles. The maximum atomic E-state index is 13.3. The molecule has 0 unspecified atom stereocenters. The Morgan fingerprint density at radius 3 is 0.889 bits per heavy atom. The summed E-state index contributed by atoms with van der Waals surface area (Å²) >= 11 is 0. The third-order valence-corrected chi connectivity index (χ3v) is 4.99. The SMILES string of the molecule is Fc1cccc(Oc2ccc(Oc3cccc(Oc4ccc(Oc5cccc(F)c5)cc4)c3)cc2)c1. The minimum absolute atomic E-state index is 0.359. The van der Waals surface area contributed by atoms with Crippen molar-refractivity contribution in [3.63, 3.8) is 0 Å². The number of hydrogen-bond acceptors (Lipinski definition) is 4. The zero-order valence-electron chi connectivity index (χ0n) is 18.9. The summed E-state index contributed by atoms with van der Waals surface area (Å²) in [5.41, 5.74) is 0. The van der Waals surface area contributed by atoms with Gasteiger partial charge in [-0.25, -0.2) is 8.78 Å². The molecule has 0 aliphatic carbocycles. The molecule has 5 aromatic carbocycles. The van der Waals surface area contributed by atoms with E-state index in [9.17, 15) is 8.78 Å². The highest BCUT2D eigenvalue weighted by Crippen LogP contribution is 2.31. The molecule has 0 N–H and O–H groups in total. The minimum atomic E-state index is -0.359. The fraction of sp³-hybridized carbons (Fsp3) is 0. The first-order chi connectivity index (χ1) is 17.6. The molecule has 178 valence electrons. The molecule has 5 aromatic rings. The van der Waals surface area contributed by atoms with Crippen LogP contribution in [0, 0.1) is 11.6 Å². The third-order valence-electron chi connectivity index (χ3n) is 4.99. The minimum Gasteiger partial charge on any atom is -0.457 e. The van der Waals surface area contributed by atoms with Crippen LogP contribution in [0.5, 0.6) is 46.0 Å². The van der Waals surface area contributed by atoms with Crippen LogP contribution in [0.1, 0.15) is 0 Å². The van der Waals surface area contributed by atoms with Gasteiger partial charge in [0.25, 0.3) is 0 Å². The maximum Gasteiger partial charge on any atom is 0.131 e. The van der Waals surface area contributed by atoms with Crippen molar-refractivity contribution in [3.05, 3.63) is 133 Å². The van der Waals surface area contributed by atoms with E-state index in [1.165, 1.54) is 24.3 Å². The lowest BCUT2D eigenvalue weighted by Crippen LogP contribution is -1.89. The predicted molar refractivity (Wildman–Crippen MR) is 132 cm³/mol. The Balaban J connectivity index is 1.19. The summed E-state index contributed by atoms with van der Waals surface area (Å²) in [4.78, 5) is 0. The summed E-state index contributed by atoms with van der Waals surface area (Å²) in [5, 5.41) is 0. The highest BCUT2D eigenvalue weighted by molar-refractivity contribution is 5.42. The van der Waals surface area contributed by atoms with E-state index in [1.54, 1.807) is 78.9 Å². The third kappa shape index (κ3) is 6.18. The van der Waals surface area contributed by atoms with E-state index < -0.39 is 0 Å². The predicted octanol–water partition coefficient (Wildman–Crippen LogP) is 9.13. The van der Waals surface area contributed by atoms with Crippen LogP contribution in [0.25, 0.3) is 0 Å². The van der Waals surface area contributed by atoms with Crippen LogP contribution in [-0.2, 0) is 0 Å². The molecule has 36 heavy (non-hydrogen) atoms. The van der Waals surface area contributed by atoms with Gasteiger partial charge in [0, 0.05) is 18.2 Å². The first kappa shape index (κ1) is 22.9. The first-order valence-corrected chi connectivity index (χ1v) is 11.1. The molecule has 0 saturated heterocycles. The van der Waals surface area contributed by atoms with Crippen molar-refractivity contribution in [1.82, 2.24) is 0 Å². The van der Waals surface area contributed by atoms with Crippen molar-refractivity contribution in [2.45, 2.75) is 0 Å². The zero-order chi connectivity index (χ0) is 24.7. The monoisotopic (exact) mass is 482 g/mol. The number of hydrogen-bond donors (Lipinski definition) is 0. The zero-order valence-corrected chi connectivity index (χ0v) is 18.9. The number of halogens is 2. The van der Waals surface area contributed by atoms with E-state index in [2.05, 4.69) is 0 Å². The Kier molecular flexibility index (Phi) is 6.76. The van der Waals surface area contributed by atoms with Crippen molar-refractivity contribution in [2.24, 2.45) is 0 Å².